The van der Waals surface area contributed by atoms with Gasteiger partial charge in [0, 0.05) is 50.0 Å². The Hall–Kier alpha value is -2.82. The van der Waals surface area contributed by atoms with Crippen LogP contribution in [0.4, 0.5) is 10.5 Å². The van der Waals surface area contributed by atoms with Crippen LogP contribution in [-0.2, 0) is 13.1 Å². The van der Waals surface area contributed by atoms with E-state index in [9.17, 15) is 4.79 Å². The quantitative estimate of drug-likeness (QED) is 0.756. The SMILES string of the molecule is Cc1ccc(NC(=O)NCc2cc(Cl)cc(CN3CCN(C#N)CC3)c2)cn1. The highest BCUT2D eigenvalue weighted by atomic mass is 35.5. The van der Waals surface area contributed by atoms with Crippen LogP contribution in [0.5, 0.6) is 0 Å². The Bertz CT molecular complexity index is 856. The number of aromatic nitrogens is 1. The first-order valence-electron chi connectivity index (χ1n) is 9.15. The fourth-order valence-corrected chi connectivity index (χ4v) is 3.35. The summed E-state index contributed by atoms with van der Waals surface area (Å²) in [6, 6.07) is 9.21. The fourth-order valence-electron chi connectivity index (χ4n) is 3.07. The fraction of sp³-hybridized carbons (Fsp3) is 0.350. The Morgan fingerprint density at radius 3 is 2.64 bits per heavy atom. The molecule has 2 aromatic rings. The maximum Gasteiger partial charge on any atom is 0.319 e. The van der Waals surface area contributed by atoms with Gasteiger partial charge >= 0.3 is 6.03 Å². The number of urea groups is 1. The number of aryl methyl sites for hydroxylation is 1. The molecule has 0 radical (unpaired) electrons. The van der Waals surface area contributed by atoms with Crippen molar-refractivity contribution in [3.63, 3.8) is 0 Å². The minimum absolute atomic E-state index is 0.292. The molecule has 1 aromatic carbocycles. The average Bonchev–Trinajstić information content (AvgIpc) is 2.68. The highest BCUT2D eigenvalue weighted by Gasteiger charge is 2.16. The lowest BCUT2D eigenvalue weighted by atomic mass is 10.1. The molecule has 2 N–H and O–H groups in total. The molecule has 0 aliphatic carbocycles. The molecule has 28 heavy (non-hydrogen) atoms. The lowest BCUT2D eigenvalue weighted by molar-refractivity contribution is 0.167. The number of hydrogen-bond donors (Lipinski definition) is 2. The van der Waals surface area contributed by atoms with Gasteiger partial charge in [-0.2, -0.15) is 5.26 Å². The second-order valence-corrected chi connectivity index (χ2v) is 7.26. The van der Waals surface area contributed by atoms with Crippen LogP contribution in [0.1, 0.15) is 16.8 Å². The van der Waals surface area contributed by atoms with E-state index in [1.165, 1.54) is 0 Å². The number of benzene rings is 1. The molecule has 2 amide bonds. The third-order valence-electron chi connectivity index (χ3n) is 4.56. The van der Waals surface area contributed by atoms with E-state index in [-0.39, 0.29) is 6.03 Å². The summed E-state index contributed by atoms with van der Waals surface area (Å²) >= 11 is 6.27. The first kappa shape index (κ1) is 19.9. The summed E-state index contributed by atoms with van der Waals surface area (Å²) in [5.74, 6) is 0. The van der Waals surface area contributed by atoms with Gasteiger partial charge in [-0.05, 0) is 42.3 Å². The standard InChI is InChI=1S/C20H23ClN6O/c1-15-2-3-19(12-23-15)25-20(28)24-11-16-8-17(10-18(21)9-16)13-26-4-6-27(14-22)7-5-26/h2-3,8-10,12H,4-7,11,13H2,1H3,(H2,24,25,28). The lowest BCUT2D eigenvalue weighted by Gasteiger charge is -2.31. The number of carbonyl (C=O) groups is 1. The van der Waals surface area contributed by atoms with Crippen molar-refractivity contribution in [3.05, 3.63) is 58.4 Å². The number of nitriles is 1. The van der Waals surface area contributed by atoms with Gasteiger partial charge < -0.3 is 15.5 Å². The van der Waals surface area contributed by atoms with Crippen LogP contribution in [0.25, 0.3) is 0 Å². The maximum absolute atomic E-state index is 12.1. The molecule has 1 fully saturated rings. The number of carbonyl (C=O) groups excluding carboxylic acids is 1. The molecular formula is C20H23ClN6O. The van der Waals surface area contributed by atoms with Gasteiger partial charge in [0.25, 0.3) is 0 Å². The van der Waals surface area contributed by atoms with Crippen molar-refractivity contribution in [2.75, 3.05) is 31.5 Å². The minimum atomic E-state index is -0.292. The average molecular weight is 399 g/mol. The van der Waals surface area contributed by atoms with Crippen molar-refractivity contribution in [1.29, 1.82) is 5.26 Å². The molecule has 0 spiro atoms. The van der Waals surface area contributed by atoms with Gasteiger partial charge in [0.1, 0.15) is 0 Å². The summed E-state index contributed by atoms with van der Waals surface area (Å²) in [7, 11) is 0. The molecular weight excluding hydrogens is 376 g/mol. The molecule has 1 aromatic heterocycles. The van der Waals surface area contributed by atoms with E-state index in [2.05, 4.69) is 32.8 Å². The van der Waals surface area contributed by atoms with Crippen LogP contribution in [0.15, 0.2) is 36.5 Å². The minimum Gasteiger partial charge on any atom is -0.334 e. The van der Waals surface area contributed by atoms with Gasteiger partial charge in [0.2, 0.25) is 0 Å². The van der Waals surface area contributed by atoms with Gasteiger partial charge in [-0.15, -0.1) is 0 Å². The third kappa shape index (κ3) is 5.84. The molecule has 3 rings (SSSR count). The van der Waals surface area contributed by atoms with Crippen LogP contribution in [0.2, 0.25) is 5.02 Å². The van der Waals surface area contributed by atoms with Crippen molar-refractivity contribution >= 4 is 23.3 Å². The molecule has 0 unspecified atom stereocenters. The smallest absolute Gasteiger partial charge is 0.319 e. The summed E-state index contributed by atoms with van der Waals surface area (Å²) in [4.78, 5) is 20.3. The van der Waals surface area contributed by atoms with Crippen LogP contribution in [0, 0.1) is 18.4 Å². The summed E-state index contributed by atoms with van der Waals surface area (Å²) in [6.45, 7) is 6.24. The summed E-state index contributed by atoms with van der Waals surface area (Å²) in [5, 5.41) is 15.2. The number of nitrogens with one attached hydrogen (secondary N) is 2. The van der Waals surface area contributed by atoms with Crippen molar-refractivity contribution in [3.8, 4) is 6.19 Å². The molecule has 0 atom stereocenters. The zero-order valence-electron chi connectivity index (χ0n) is 15.8. The van der Waals surface area contributed by atoms with Crippen molar-refractivity contribution < 1.29 is 4.79 Å². The molecule has 1 aliphatic rings. The summed E-state index contributed by atoms with van der Waals surface area (Å²) in [5.41, 5.74) is 3.58. The van der Waals surface area contributed by atoms with E-state index in [0.717, 1.165) is 49.5 Å². The lowest BCUT2D eigenvalue weighted by Crippen LogP contribution is -2.43. The van der Waals surface area contributed by atoms with Crippen molar-refractivity contribution in [2.45, 2.75) is 20.0 Å². The van der Waals surface area contributed by atoms with Gasteiger partial charge in [0.05, 0.1) is 11.9 Å². The highest BCUT2D eigenvalue weighted by Crippen LogP contribution is 2.18. The molecule has 0 saturated carbocycles. The van der Waals surface area contributed by atoms with Gasteiger partial charge in [-0.25, -0.2) is 4.79 Å². The Morgan fingerprint density at radius 2 is 1.96 bits per heavy atom. The van der Waals surface area contributed by atoms with E-state index in [1.54, 1.807) is 11.1 Å². The van der Waals surface area contributed by atoms with Crippen molar-refractivity contribution in [1.82, 2.24) is 20.1 Å². The summed E-state index contributed by atoms with van der Waals surface area (Å²) < 4.78 is 0. The van der Waals surface area contributed by atoms with Gasteiger partial charge in [0.15, 0.2) is 6.19 Å². The Morgan fingerprint density at radius 1 is 1.21 bits per heavy atom. The topological polar surface area (TPSA) is 84.3 Å². The molecule has 1 saturated heterocycles. The number of pyridine rings is 1. The van der Waals surface area contributed by atoms with E-state index in [0.29, 0.717) is 17.3 Å². The van der Waals surface area contributed by atoms with Crippen LogP contribution in [0.3, 0.4) is 0 Å². The normalized spacial score (nSPS) is 14.4. The highest BCUT2D eigenvalue weighted by molar-refractivity contribution is 6.30. The largest absolute Gasteiger partial charge is 0.334 e. The zero-order valence-corrected chi connectivity index (χ0v) is 16.5. The number of anilines is 1. The van der Waals surface area contributed by atoms with E-state index in [1.807, 2.05) is 31.2 Å². The van der Waals surface area contributed by atoms with Gasteiger partial charge in [-0.3, -0.25) is 9.88 Å². The van der Waals surface area contributed by atoms with E-state index < -0.39 is 0 Å². The van der Waals surface area contributed by atoms with Crippen LogP contribution < -0.4 is 10.6 Å². The first-order chi connectivity index (χ1) is 13.5. The Balaban J connectivity index is 1.53. The number of halogens is 1. The maximum atomic E-state index is 12.1. The molecule has 146 valence electrons. The van der Waals surface area contributed by atoms with Crippen LogP contribution in [-0.4, -0.2) is 47.0 Å². The first-order valence-corrected chi connectivity index (χ1v) is 9.52. The zero-order chi connectivity index (χ0) is 19.9. The number of amides is 2. The molecule has 8 heteroatoms. The molecule has 7 nitrogen and oxygen atoms in total. The molecule has 1 aliphatic heterocycles. The Kier molecular flexibility index (Phi) is 6.69. The predicted molar refractivity (Wildman–Crippen MR) is 109 cm³/mol. The number of piperazine rings is 1. The predicted octanol–water partition coefficient (Wildman–Crippen LogP) is 2.96. The second-order valence-electron chi connectivity index (χ2n) is 6.83. The van der Waals surface area contributed by atoms with E-state index >= 15 is 0 Å². The summed E-state index contributed by atoms with van der Waals surface area (Å²) in [6.07, 6.45) is 3.81. The third-order valence-corrected chi connectivity index (χ3v) is 4.78. The Labute approximate surface area is 169 Å². The molecule has 2 heterocycles. The van der Waals surface area contributed by atoms with E-state index in [4.69, 9.17) is 16.9 Å². The number of hydrogen-bond acceptors (Lipinski definition) is 5. The van der Waals surface area contributed by atoms with Crippen molar-refractivity contribution in [2.24, 2.45) is 0 Å². The van der Waals surface area contributed by atoms with Crippen LogP contribution >= 0.6 is 11.6 Å². The second kappa shape index (κ2) is 9.40. The van der Waals surface area contributed by atoms with Gasteiger partial charge in [-0.1, -0.05) is 17.7 Å². The monoisotopic (exact) mass is 398 g/mol. The number of nitrogens with zero attached hydrogens (tertiary/aromatic N) is 4. The molecule has 0 bridgehead atoms. The number of rotatable bonds is 5.